The van der Waals surface area contributed by atoms with E-state index in [-0.39, 0.29) is 18.3 Å². The lowest BCUT2D eigenvalue weighted by atomic mass is 10.3. The van der Waals surface area contributed by atoms with Gasteiger partial charge in [0, 0.05) is 19.9 Å². The Bertz CT molecular complexity index is 194. The molecule has 15 heavy (non-hydrogen) atoms. The van der Waals surface area contributed by atoms with Gasteiger partial charge in [0.1, 0.15) is 6.61 Å². The van der Waals surface area contributed by atoms with Gasteiger partial charge in [0.15, 0.2) is 5.78 Å². The molecule has 0 aliphatic rings. The standard InChI is InChI=1S/C10H19NO4/c1-3-10(13)8-15-7-6-14-5-4-11-9(2)12/h3-8H2,1-2H3,(H,11,12). The number of hydrogen-bond acceptors (Lipinski definition) is 4. The van der Waals surface area contributed by atoms with Gasteiger partial charge in [0.25, 0.3) is 0 Å². The summed E-state index contributed by atoms with van der Waals surface area (Å²) in [5, 5.41) is 2.60. The lowest BCUT2D eigenvalue weighted by Gasteiger charge is -2.05. The monoisotopic (exact) mass is 217 g/mol. The van der Waals surface area contributed by atoms with E-state index in [0.717, 1.165) is 0 Å². The summed E-state index contributed by atoms with van der Waals surface area (Å²) in [6, 6.07) is 0. The quantitative estimate of drug-likeness (QED) is 0.558. The van der Waals surface area contributed by atoms with Crippen LogP contribution >= 0.6 is 0 Å². The molecule has 0 heterocycles. The Morgan fingerprint density at radius 3 is 2.40 bits per heavy atom. The summed E-state index contributed by atoms with van der Waals surface area (Å²) in [5.74, 6) is 0.0247. The van der Waals surface area contributed by atoms with Gasteiger partial charge in [-0.05, 0) is 0 Å². The SMILES string of the molecule is CCC(=O)COCCOCCNC(C)=O. The van der Waals surface area contributed by atoms with Crippen LogP contribution in [0.3, 0.4) is 0 Å². The van der Waals surface area contributed by atoms with Crippen molar-refractivity contribution in [1.82, 2.24) is 5.32 Å². The normalized spacial score (nSPS) is 10.0. The van der Waals surface area contributed by atoms with Gasteiger partial charge in [-0.25, -0.2) is 0 Å². The smallest absolute Gasteiger partial charge is 0.216 e. The molecule has 0 aromatic heterocycles. The second-order valence-corrected chi connectivity index (χ2v) is 3.04. The van der Waals surface area contributed by atoms with E-state index in [0.29, 0.717) is 32.8 Å². The topological polar surface area (TPSA) is 64.6 Å². The summed E-state index contributed by atoms with van der Waals surface area (Å²) in [5.41, 5.74) is 0. The minimum absolute atomic E-state index is 0.0663. The Morgan fingerprint density at radius 1 is 1.13 bits per heavy atom. The zero-order chi connectivity index (χ0) is 11.5. The molecule has 1 N–H and O–H groups in total. The zero-order valence-electron chi connectivity index (χ0n) is 9.38. The van der Waals surface area contributed by atoms with Crippen molar-refractivity contribution in [3.8, 4) is 0 Å². The van der Waals surface area contributed by atoms with Crippen molar-refractivity contribution in [3.63, 3.8) is 0 Å². The van der Waals surface area contributed by atoms with Crippen LogP contribution in [0.15, 0.2) is 0 Å². The van der Waals surface area contributed by atoms with Crippen LogP contribution in [0, 0.1) is 0 Å². The second kappa shape index (κ2) is 9.61. The molecular formula is C10H19NO4. The number of Topliss-reactive ketones (excluding diaryl/α,β-unsaturated/α-hetero) is 1. The van der Waals surface area contributed by atoms with Crippen LogP contribution < -0.4 is 5.32 Å². The number of amides is 1. The molecular weight excluding hydrogens is 198 g/mol. The predicted octanol–water partition coefficient (Wildman–Crippen LogP) is 0.135. The van der Waals surface area contributed by atoms with Gasteiger partial charge in [-0.1, -0.05) is 6.92 Å². The van der Waals surface area contributed by atoms with Crippen LogP contribution in [-0.2, 0) is 19.1 Å². The molecule has 0 aliphatic heterocycles. The molecule has 0 unspecified atom stereocenters. The third kappa shape index (κ3) is 11.0. The van der Waals surface area contributed by atoms with Crippen molar-refractivity contribution in [2.75, 3.05) is 33.0 Å². The highest BCUT2D eigenvalue weighted by Gasteiger charge is 1.97. The van der Waals surface area contributed by atoms with Gasteiger partial charge in [-0.3, -0.25) is 9.59 Å². The van der Waals surface area contributed by atoms with Crippen LogP contribution in [0.5, 0.6) is 0 Å². The Kier molecular flexibility index (Phi) is 9.01. The van der Waals surface area contributed by atoms with Crippen LogP contribution in [0.25, 0.3) is 0 Å². The van der Waals surface area contributed by atoms with Crippen molar-refractivity contribution < 1.29 is 19.1 Å². The van der Waals surface area contributed by atoms with Crippen molar-refractivity contribution >= 4 is 11.7 Å². The maximum atomic E-state index is 10.8. The largest absolute Gasteiger partial charge is 0.377 e. The first-order valence-electron chi connectivity index (χ1n) is 5.08. The van der Waals surface area contributed by atoms with Gasteiger partial charge in [-0.15, -0.1) is 0 Å². The summed E-state index contributed by atoms with van der Waals surface area (Å²) in [4.78, 5) is 21.3. The van der Waals surface area contributed by atoms with Gasteiger partial charge in [-0.2, -0.15) is 0 Å². The van der Waals surface area contributed by atoms with Crippen molar-refractivity contribution in [3.05, 3.63) is 0 Å². The summed E-state index contributed by atoms with van der Waals surface area (Å²) in [6.07, 6.45) is 0.503. The van der Waals surface area contributed by atoms with Gasteiger partial charge < -0.3 is 14.8 Å². The molecule has 0 spiro atoms. The lowest BCUT2D eigenvalue weighted by Crippen LogP contribution is -2.25. The summed E-state index contributed by atoms with van der Waals surface area (Å²) in [6.45, 7) is 5.23. The fraction of sp³-hybridized carbons (Fsp3) is 0.800. The number of rotatable bonds is 9. The molecule has 5 heteroatoms. The average Bonchev–Trinajstić information content (AvgIpc) is 2.21. The number of ketones is 1. The lowest BCUT2D eigenvalue weighted by molar-refractivity contribution is -0.124. The van der Waals surface area contributed by atoms with E-state index in [1.807, 2.05) is 0 Å². The fourth-order valence-corrected chi connectivity index (χ4v) is 0.807. The third-order valence-corrected chi connectivity index (χ3v) is 1.65. The molecule has 0 radical (unpaired) electrons. The van der Waals surface area contributed by atoms with Crippen molar-refractivity contribution in [2.24, 2.45) is 0 Å². The number of ether oxygens (including phenoxy) is 2. The molecule has 0 aliphatic carbocycles. The second-order valence-electron chi connectivity index (χ2n) is 3.04. The molecule has 0 rings (SSSR count). The molecule has 88 valence electrons. The van der Waals surface area contributed by atoms with E-state index in [9.17, 15) is 9.59 Å². The average molecular weight is 217 g/mol. The highest BCUT2D eigenvalue weighted by atomic mass is 16.5. The fourth-order valence-electron chi connectivity index (χ4n) is 0.807. The number of nitrogens with one attached hydrogen (secondary N) is 1. The first-order valence-corrected chi connectivity index (χ1v) is 5.08. The Balaban J connectivity index is 3.05. The zero-order valence-corrected chi connectivity index (χ0v) is 9.38. The van der Waals surface area contributed by atoms with E-state index in [1.165, 1.54) is 6.92 Å². The van der Waals surface area contributed by atoms with E-state index in [2.05, 4.69) is 5.32 Å². The Morgan fingerprint density at radius 2 is 1.80 bits per heavy atom. The molecule has 1 amide bonds. The van der Waals surface area contributed by atoms with Gasteiger partial charge >= 0.3 is 0 Å². The van der Waals surface area contributed by atoms with Crippen LogP contribution in [0.1, 0.15) is 20.3 Å². The molecule has 0 atom stereocenters. The van der Waals surface area contributed by atoms with E-state index < -0.39 is 0 Å². The summed E-state index contributed by atoms with van der Waals surface area (Å²) < 4.78 is 10.2. The number of hydrogen-bond donors (Lipinski definition) is 1. The Labute approximate surface area is 90.1 Å². The third-order valence-electron chi connectivity index (χ3n) is 1.65. The minimum Gasteiger partial charge on any atom is -0.377 e. The summed E-state index contributed by atoms with van der Waals surface area (Å²) >= 11 is 0. The van der Waals surface area contributed by atoms with E-state index in [4.69, 9.17) is 9.47 Å². The highest BCUT2D eigenvalue weighted by molar-refractivity contribution is 5.79. The molecule has 5 nitrogen and oxygen atoms in total. The predicted molar refractivity (Wildman–Crippen MR) is 55.6 cm³/mol. The Hall–Kier alpha value is -0.940. The van der Waals surface area contributed by atoms with Crippen LogP contribution in [0.2, 0.25) is 0 Å². The molecule has 0 saturated heterocycles. The number of carbonyl (C=O) groups is 2. The van der Waals surface area contributed by atoms with Gasteiger partial charge in [0.05, 0.1) is 19.8 Å². The van der Waals surface area contributed by atoms with Crippen molar-refractivity contribution in [1.29, 1.82) is 0 Å². The van der Waals surface area contributed by atoms with Gasteiger partial charge in [0.2, 0.25) is 5.91 Å². The number of carbonyl (C=O) groups excluding carboxylic acids is 2. The highest BCUT2D eigenvalue weighted by Crippen LogP contribution is 1.84. The molecule has 0 aromatic rings. The molecule has 0 fully saturated rings. The summed E-state index contributed by atoms with van der Waals surface area (Å²) in [7, 11) is 0. The molecule has 0 aromatic carbocycles. The maximum absolute atomic E-state index is 10.8. The van der Waals surface area contributed by atoms with E-state index in [1.54, 1.807) is 6.92 Å². The molecule has 0 saturated carbocycles. The van der Waals surface area contributed by atoms with Crippen LogP contribution in [-0.4, -0.2) is 44.7 Å². The minimum atomic E-state index is -0.0663. The first-order chi connectivity index (χ1) is 7.16. The first kappa shape index (κ1) is 14.1. The van der Waals surface area contributed by atoms with Crippen molar-refractivity contribution in [2.45, 2.75) is 20.3 Å². The molecule has 0 bridgehead atoms. The maximum Gasteiger partial charge on any atom is 0.216 e. The van der Waals surface area contributed by atoms with E-state index >= 15 is 0 Å². The van der Waals surface area contributed by atoms with Crippen LogP contribution in [0.4, 0.5) is 0 Å².